The molecule has 4 heterocycles. The molecular weight excluding hydrogens is 382 g/mol. The monoisotopic (exact) mass is 401 g/mol. The summed E-state index contributed by atoms with van der Waals surface area (Å²) in [5, 5.41) is 3.83. The lowest BCUT2D eigenvalue weighted by atomic mass is 10.0. The number of thiazole rings is 1. The Morgan fingerprint density at radius 1 is 1.21 bits per heavy atom. The standard InChI is InChI=1S/C22H19N5OS/c1-14-4-5-16-17(10-18(26-19(16)9-14)15-11-23-13-24-12-15)22(28)27-7-2-3-20(27)21-25-6-8-29-21/h4-6,8-13,20H,2-3,7H2,1H3. The number of aryl methyl sites for hydroxylation is 1. The molecule has 0 aliphatic carbocycles. The minimum Gasteiger partial charge on any atom is -0.329 e. The summed E-state index contributed by atoms with van der Waals surface area (Å²) in [7, 11) is 0. The number of hydrogen-bond donors (Lipinski definition) is 0. The summed E-state index contributed by atoms with van der Waals surface area (Å²) in [5.74, 6) is 0.0250. The lowest BCUT2D eigenvalue weighted by Crippen LogP contribution is -2.30. The van der Waals surface area contributed by atoms with Gasteiger partial charge in [-0.15, -0.1) is 11.3 Å². The molecule has 1 aliphatic heterocycles. The van der Waals surface area contributed by atoms with Crippen LogP contribution in [0.1, 0.15) is 39.8 Å². The van der Waals surface area contributed by atoms with E-state index < -0.39 is 0 Å². The number of hydrogen-bond acceptors (Lipinski definition) is 6. The van der Waals surface area contributed by atoms with E-state index in [0.29, 0.717) is 11.3 Å². The highest BCUT2D eigenvalue weighted by molar-refractivity contribution is 7.09. The van der Waals surface area contributed by atoms with Crippen molar-refractivity contribution in [3.05, 3.63) is 70.7 Å². The van der Waals surface area contributed by atoms with Crippen molar-refractivity contribution in [1.82, 2.24) is 24.8 Å². The number of aromatic nitrogens is 4. The van der Waals surface area contributed by atoms with Crippen LogP contribution in [0.25, 0.3) is 22.2 Å². The van der Waals surface area contributed by atoms with Crippen molar-refractivity contribution >= 4 is 28.1 Å². The van der Waals surface area contributed by atoms with Crippen LogP contribution in [-0.2, 0) is 0 Å². The molecule has 29 heavy (non-hydrogen) atoms. The van der Waals surface area contributed by atoms with Gasteiger partial charge in [-0.25, -0.2) is 19.9 Å². The van der Waals surface area contributed by atoms with Crippen LogP contribution in [0.5, 0.6) is 0 Å². The highest BCUT2D eigenvalue weighted by Gasteiger charge is 2.33. The SMILES string of the molecule is Cc1ccc2c(C(=O)N3CCCC3c3nccs3)cc(-c3cncnc3)nc2c1. The first-order chi connectivity index (χ1) is 14.2. The Kier molecular flexibility index (Phi) is 4.52. The van der Waals surface area contributed by atoms with Gasteiger partial charge >= 0.3 is 0 Å². The molecule has 0 radical (unpaired) electrons. The molecule has 1 fully saturated rings. The van der Waals surface area contributed by atoms with Crippen LogP contribution < -0.4 is 0 Å². The Hall–Kier alpha value is -3.19. The maximum absolute atomic E-state index is 13.7. The summed E-state index contributed by atoms with van der Waals surface area (Å²) in [6, 6.07) is 7.94. The number of fused-ring (bicyclic) bond motifs is 1. The molecule has 0 saturated carbocycles. The van der Waals surface area contributed by atoms with Gasteiger partial charge in [-0.2, -0.15) is 0 Å². The highest BCUT2D eigenvalue weighted by Crippen LogP contribution is 2.35. The van der Waals surface area contributed by atoms with Crippen LogP contribution in [0.4, 0.5) is 0 Å². The summed E-state index contributed by atoms with van der Waals surface area (Å²) < 4.78 is 0. The second kappa shape index (κ2) is 7.33. The third kappa shape index (κ3) is 3.27. The van der Waals surface area contributed by atoms with E-state index in [-0.39, 0.29) is 11.9 Å². The number of nitrogens with zero attached hydrogens (tertiary/aromatic N) is 5. The Bertz CT molecular complexity index is 1180. The van der Waals surface area contributed by atoms with Crippen molar-refractivity contribution in [3.8, 4) is 11.3 Å². The summed E-state index contributed by atoms with van der Waals surface area (Å²) in [6.07, 6.45) is 8.67. The molecule has 7 heteroatoms. The molecule has 0 bridgehead atoms. The molecule has 4 aromatic rings. The second-order valence-corrected chi connectivity index (χ2v) is 8.16. The van der Waals surface area contributed by atoms with Gasteiger partial charge in [0.15, 0.2) is 0 Å². The zero-order valence-corrected chi connectivity index (χ0v) is 16.8. The van der Waals surface area contributed by atoms with Crippen molar-refractivity contribution in [1.29, 1.82) is 0 Å². The molecular formula is C22H19N5OS. The largest absolute Gasteiger partial charge is 0.329 e. The summed E-state index contributed by atoms with van der Waals surface area (Å²) in [6.45, 7) is 2.77. The first kappa shape index (κ1) is 17.9. The number of carbonyl (C=O) groups is 1. The lowest BCUT2D eigenvalue weighted by molar-refractivity contribution is 0.0737. The van der Waals surface area contributed by atoms with Crippen LogP contribution >= 0.6 is 11.3 Å². The summed E-state index contributed by atoms with van der Waals surface area (Å²) >= 11 is 1.61. The first-order valence-electron chi connectivity index (χ1n) is 9.58. The normalized spacial score (nSPS) is 16.4. The topological polar surface area (TPSA) is 71.9 Å². The van der Waals surface area contributed by atoms with Gasteiger partial charge < -0.3 is 4.90 Å². The van der Waals surface area contributed by atoms with Crippen molar-refractivity contribution < 1.29 is 4.79 Å². The smallest absolute Gasteiger partial charge is 0.255 e. The van der Waals surface area contributed by atoms with E-state index >= 15 is 0 Å². The highest BCUT2D eigenvalue weighted by atomic mass is 32.1. The van der Waals surface area contributed by atoms with Gasteiger partial charge in [0, 0.05) is 41.5 Å². The predicted octanol–water partition coefficient (Wildman–Crippen LogP) is 4.43. The van der Waals surface area contributed by atoms with Crippen molar-refractivity contribution in [2.24, 2.45) is 0 Å². The van der Waals surface area contributed by atoms with E-state index in [1.807, 2.05) is 41.5 Å². The molecule has 0 spiro atoms. The fourth-order valence-corrected chi connectivity index (χ4v) is 4.70. The average molecular weight is 401 g/mol. The Morgan fingerprint density at radius 2 is 2.07 bits per heavy atom. The van der Waals surface area contributed by atoms with Crippen molar-refractivity contribution in [3.63, 3.8) is 0 Å². The molecule has 1 amide bonds. The molecule has 1 saturated heterocycles. The van der Waals surface area contributed by atoms with E-state index in [2.05, 4.69) is 15.0 Å². The van der Waals surface area contributed by atoms with Gasteiger partial charge in [0.25, 0.3) is 5.91 Å². The quantitative estimate of drug-likeness (QED) is 0.508. The molecule has 3 aromatic heterocycles. The Labute approximate surface area is 172 Å². The van der Waals surface area contributed by atoms with Gasteiger partial charge in [0.2, 0.25) is 0 Å². The molecule has 1 aliphatic rings. The number of rotatable bonds is 3. The average Bonchev–Trinajstić information content (AvgIpc) is 3.44. The predicted molar refractivity (Wildman–Crippen MR) is 113 cm³/mol. The zero-order chi connectivity index (χ0) is 19.8. The van der Waals surface area contributed by atoms with E-state index in [0.717, 1.165) is 46.4 Å². The van der Waals surface area contributed by atoms with Crippen molar-refractivity contribution in [2.45, 2.75) is 25.8 Å². The molecule has 0 N–H and O–H groups in total. The summed E-state index contributed by atoms with van der Waals surface area (Å²) in [4.78, 5) is 33.1. The Morgan fingerprint density at radius 3 is 2.86 bits per heavy atom. The van der Waals surface area contributed by atoms with Crippen LogP contribution in [0.2, 0.25) is 0 Å². The maximum atomic E-state index is 13.7. The number of carbonyl (C=O) groups excluding carboxylic acids is 1. The Balaban J connectivity index is 1.64. The number of pyridine rings is 1. The minimum atomic E-state index is 0.0250. The number of likely N-dealkylation sites (tertiary alicyclic amines) is 1. The van der Waals surface area contributed by atoms with Gasteiger partial charge in [0.1, 0.15) is 11.3 Å². The third-order valence-corrected chi connectivity index (χ3v) is 6.18. The minimum absolute atomic E-state index is 0.0250. The fourth-order valence-electron chi connectivity index (χ4n) is 3.91. The molecule has 1 unspecified atom stereocenters. The van der Waals surface area contributed by atoms with Crippen LogP contribution in [0, 0.1) is 6.92 Å². The van der Waals surface area contributed by atoms with Gasteiger partial charge in [0.05, 0.1) is 22.8 Å². The van der Waals surface area contributed by atoms with Crippen LogP contribution in [0.15, 0.2) is 54.6 Å². The van der Waals surface area contributed by atoms with E-state index in [9.17, 15) is 4.79 Å². The second-order valence-electron chi connectivity index (χ2n) is 7.23. The fraction of sp³-hybridized carbons (Fsp3) is 0.227. The van der Waals surface area contributed by atoms with E-state index in [1.165, 1.54) is 6.33 Å². The van der Waals surface area contributed by atoms with Gasteiger partial charge in [-0.1, -0.05) is 12.1 Å². The summed E-state index contributed by atoms with van der Waals surface area (Å²) in [5.41, 5.74) is 4.07. The maximum Gasteiger partial charge on any atom is 0.255 e. The molecule has 144 valence electrons. The van der Waals surface area contributed by atoms with E-state index in [4.69, 9.17) is 4.98 Å². The van der Waals surface area contributed by atoms with Crippen molar-refractivity contribution in [2.75, 3.05) is 6.54 Å². The zero-order valence-electron chi connectivity index (χ0n) is 15.9. The first-order valence-corrected chi connectivity index (χ1v) is 10.5. The van der Waals surface area contributed by atoms with Crippen LogP contribution in [0.3, 0.4) is 0 Å². The molecule has 1 atom stereocenters. The number of amides is 1. The third-order valence-electron chi connectivity index (χ3n) is 5.30. The number of benzene rings is 1. The van der Waals surface area contributed by atoms with Gasteiger partial charge in [-0.3, -0.25) is 4.79 Å². The molecule has 6 nitrogen and oxygen atoms in total. The molecule has 1 aromatic carbocycles. The molecule has 5 rings (SSSR count). The van der Waals surface area contributed by atoms with E-state index in [1.54, 1.807) is 29.9 Å². The lowest BCUT2D eigenvalue weighted by Gasteiger charge is -2.24. The van der Waals surface area contributed by atoms with Crippen LogP contribution in [-0.4, -0.2) is 37.3 Å². The van der Waals surface area contributed by atoms with Gasteiger partial charge in [-0.05, 0) is 37.5 Å².